The Kier molecular flexibility index (Phi) is 5.19. The third kappa shape index (κ3) is 3.87. The molecule has 1 aliphatic rings. The summed E-state index contributed by atoms with van der Waals surface area (Å²) in [4.78, 5) is 2.34. The Balaban J connectivity index is 1.99. The Hall–Kier alpha value is 0.400. The summed E-state index contributed by atoms with van der Waals surface area (Å²) in [6, 6.07) is 0. The highest BCUT2D eigenvalue weighted by atomic mass is 79.9. The predicted octanol–water partition coefficient (Wildman–Crippen LogP) is 1.88. The molecule has 2 nitrogen and oxygen atoms in total. The first-order valence-electron chi connectivity index (χ1n) is 4.69. The number of hydrogen-bond acceptors (Lipinski definition) is 2. The zero-order chi connectivity index (χ0) is 8.81. The van der Waals surface area contributed by atoms with E-state index in [4.69, 9.17) is 4.74 Å². The Morgan fingerprint density at radius 2 is 2.33 bits per heavy atom. The maximum atomic E-state index is 5.54. The number of halogens is 1. The van der Waals surface area contributed by atoms with Gasteiger partial charge in [-0.1, -0.05) is 15.9 Å². The predicted molar refractivity (Wildman–Crippen MR) is 54.9 cm³/mol. The van der Waals surface area contributed by atoms with E-state index in [1.165, 1.54) is 19.3 Å². The zero-order valence-electron chi connectivity index (χ0n) is 7.76. The Bertz CT molecular complexity index is 115. The van der Waals surface area contributed by atoms with Crippen LogP contribution in [0.3, 0.4) is 0 Å². The maximum Gasteiger partial charge on any atom is 0.0588 e. The summed E-state index contributed by atoms with van der Waals surface area (Å²) in [5.74, 6) is 0. The molecule has 0 aliphatic carbocycles. The molecule has 0 saturated carbocycles. The molecule has 0 radical (unpaired) electrons. The van der Waals surface area contributed by atoms with Crippen LogP contribution >= 0.6 is 15.9 Å². The molecule has 0 aromatic rings. The van der Waals surface area contributed by atoms with Crippen molar-refractivity contribution in [1.29, 1.82) is 0 Å². The van der Waals surface area contributed by atoms with Gasteiger partial charge in [0, 0.05) is 25.0 Å². The molecule has 1 heterocycles. The summed E-state index contributed by atoms with van der Waals surface area (Å²) >= 11 is 3.43. The smallest absolute Gasteiger partial charge is 0.0588 e. The molecule has 0 bridgehead atoms. The molecule has 1 atom stereocenters. The highest BCUT2D eigenvalue weighted by molar-refractivity contribution is 9.09. The second-order valence-corrected chi connectivity index (χ2v) is 4.21. The van der Waals surface area contributed by atoms with Gasteiger partial charge < -0.3 is 9.64 Å². The fourth-order valence-electron chi connectivity index (χ4n) is 1.49. The van der Waals surface area contributed by atoms with Gasteiger partial charge in [-0.3, -0.25) is 0 Å². The van der Waals surface area contributed by atoms with E-state index < -0.39 is 0 Å². The third-order valence-electron chi connectivity index (χ3n) is 2.32. The SMILES string of the molecule is CN(CCBr)CCC1CCCO1. The van der Waals surface area contributed by atoms with Crippen molar-refractivity contribution in [3.63, 3.8) is 0 Å². The summed E-state index contributed by atoms with van der Waals surface area (Å²) in [6.45, 7) is 3.27. The van der Waals surface area contributed by atoms with Crippen LogP contribution in [0.25, 0.3) is 0 Å². The molecule has 1 aliphatic heterocycles. The van der Waals surface area contributed by atoms with Crippen LogP contribution in [-0.4, -0.2) is 43.1 Å². The molecule has 0 N–H and O–H groups in total. The van der Waals surface area contributed by atoms with Crippen LogP contribution in [0.1, 0.15) is 19.3 Å². The quantitative estimate of drug-likeness (QED) is 0.676. The first kappa shape index (κ1) is 10.5. The molecular formula is C9H18BrNO. The number of hydrogen-bond donors (Lipinski definition) is 0. The largest absolute Gasteiger partial charge is 0.378 e. The van der Waals surface area contributed by atoms with Gasteiger partial charge in [0.15, 0.2) is 0 Å². The highest BCUT2D eigenvalue weighted by Crippen LogP contribution is 2.15. The minimum absolute atomic E-state index is 0.544. The van der Waals surface area contributed by atoms with Gasteiger partial charge in [-0.15, -0.1) is 0 Å². The molecule has 1 fully saturated rings. The minimum Gasteiger partial charge on any atom is -0.378 e. The topological polar surface area (TPSA) is 12.5 Å². The normalized spacial score (nSPS) is 23.8. The minimum atomic E-state index is 0.544. The average Bonchev–Trinajstić information content (AvgIpc) is 2.53. The van der Waals surface area contributed by atoms with Crippen LogP contribution in [0.5, 0.6) is 0 Å². The number of rotatable bonds is 5. The van der Waals surface area contributed by atoms with Crippen LogP contribution in [0.4, 0.5) is 0 Å². The molecule has 0 aromatic carbocycles. The summed E-state index contributed by atoms with van der Waals surface area (Å²) in [5, 5.41) is 1.06. The van der Waals surface area contributed by atoms with Crippen LogP contribution < -0.4 is 0 Å². The Labute approximate surface area is 83.4 Å². The van der Waals surface area contributed by atoms with Crippen molar-refractivity contribution in [3.05, 3.63) is 0 Å². The van der Waals surface area contributed by atoms with E-state index >= 15 is 0 Å². The average molecular weight is 236 g/mol. The number of ether oxygens (including phenoxy) is 1. The lowest BCUT2D eigenvalue weighted by Gasteiger charge is -2.17. The Morgan fingerprint density at radius 3 is 2.92 bits per heavy atom. The van der Waals surface area contributed by atoms with E-state index in [-0.39, 0.29) is 0 Å². The summed E-state index contributed by atoms with van der Waals surface area (Å²) in [7, 11) is 2.16. The van der Waals surface area contributed by atoms with Gasteiger partial charge in [0.2, 0.25) is 0 Å². The first-order chi connectivity index (χ1) is 5.83. The van der Waals surface area contributed by atoms with Gasteiger partial charge in [-0.2, -0.15) is 0 Å². The maximum absolute atomic E-state index is 5.54. The lowest BCUT2D eigenvalue weighted by Crippen LogP contribution is -2.24. The van der Waals surface area contributed by atoms with Crippen LogP contribution in [0, 0.1) is 0 Å². The van der Waals surface area contributed by atoms with E-state index in [1.54, 1.807) is 0 Å². The van der Waals surface area contributed by atoms with Crippen molar-refractivity contribution >= 4 is 15.9 Å². The molecule has 0 amide bonds. The van der Waals surface area contributed by atoms with Crippen LogP contribution in [-0.2, 0) is 4.74 Å². The van der Waals surface area contributed by atoms with Gasteiger partial charge in [0.25, 0.3) is 0 Å². The molecular weight excluding hydrogens is 218 g/mol. The molecule has 1 rings (SSSR count). The van der Waals surface area contributed by atoms with Crippen molar-refractivity contribution in [2.24, 2.45) is 0 Å². The Morgan fingerprint density at radius 1 is 1.50 bits per heavy atom. The van der Waals surface area contributed by atoms with Crippen molar-refractivity contribution in [3.8, 4) is 0 Å². The number of nitrogens with zero attached hydrogens (tertiary/aromatic N) is 1. The molecule has 12 heavy (non-hydrogen) atoms. The molecule has 1 unspecified atom stereocenters. The lowest BCUT2D eigenvalue weighted by molar-refractivity contribution is 0.0957. The first-order valence-corrected chi connectivity index (χ1v) is 5.81. The second kappa shape index (κ2) is 5.95. The lowest BCUT2D eigenvalue weighted by atomic mass is 10.2. The summed E-state index contributed by atoms with van der Waals surface area (Å²) in [6.07, 6.45) is 4.26. The van der Waals surface area contributed by atoms with E-state index in [0.29, 0.717) is 6.10 Å². The van der Waals surface area contributed by atoms with E-state index in [0.717, 1.165) is 25.0 Å². The van der Waals surface area contributed by atoms with E-state index in [2.05, 4.69) is 27.9 Å². The van der Waals surface area contributed by atoms with E-state index in [1.807, 2.05) is 0 Å². The summed E-state index contributed by atoms with van der Waals surface area (Å²) in [5.41, 5.74) is 0. The monoisotopic (exact) mass is 235 g/mol. The molecule has 1 saturated heterocycles. The molecule has 0 aromatic heterocycles. The molecule has 3 heteroatoms. The van der Waals surface area contributed by atoms with Crippen molar-refractivity contribution in [2.75, 3.05) is 32.1 Å². The fourth-order valence-corrected chi connectivity index (χ4v) is 2.10. The van der Waals surface area contributed by atoms with E-state index in [9.17, 15) is 0 Å². The number of alkyl halides is 1. The third-order valence-corrected chi connectivity index (χ3v) is 2.68. The zero-order valence-corrected chi connectivity index (χ0v) is 9.35. The second-order valence-electron chi connectivity index (χ2n) is 3.42. The van der Waals surface area contributed by atoms with Crippen molar-refractivity contribution in [1.82, 2.24) is 4.90 Å². The van der Waals surface area contributed by atoms with Crippen molar-refractivity contribution < 1.29 is 4.74 Å². The van der Waals surface area contributed by atoms with Gasteiger partial charge in [0.1, 0.15) is 0 Å². The summed E-state index contributed by atoms with van der Waals surface area (Å²) < 4.78 is 5.54. The molecule has 0 spiro atoms. The van der Waals surface area contributed by atoms with Crippen LogP contribution in [0.15, 0.2) is 0 Å². The standard InChI is InChI=1S/C9H18BrNO/c1-11(7-5-10)6-4-9-3-2-8-12-9/h9H,2-8H2,1H3. The molecule has 72 valence electrons. The van der Waals surface area contributed by atoms with Gasteiger partial charge >= 0.3 is 0 Å². The highest BCUT2D eigenvalue weighted by Gasteiger charge is 2.15. The van der Waals surface area contributed by atoms with Gasteiger partial charge in [-0.25, -0.2) is 0 Å². The van der Waals surface area contributed by atoms with Gasteiger partial charge in [0.05, 0.1) is 6.10 Å². The van der Waals surface area contributed by atoms with Gasteiger partial charge in [-0.05, 0) is 26.3 Å². The fraction of sp³-hybridized carbons (Fsp3) is 1.00. The van der Waals surface area contributed by atoms with Crippen molar-refractivity contribution in [2.45, 2.75) is 25.4 Å². The van der Waals surface area contributed by atoms with Crippen LogP contribution in [0.2, 0.25) is 0 Å².